The van der Waals surface area contributed by atoms with Crippen LogP contribution in [0, 0.1) is 0 Å². The van der Waals surface area contributed by atoms with Crippen LogP contribution in [0.25, 0.3) is 6.08 Å². The Hall–Kier alpha value is -4.06. The van der Waals surface area contributed by atoms with Crippen LogP contribution < -0.4 is 21.7 Å². The summed E-state index contributed by atoms with van der Waals surface area (Å²) in [5, 5.41) is 8.95. The van der Waals surface area contributed by atoms with E-state index in [4.69, 9.17) is 5.73 Å². The zero-order valence-corrected chi connectivity index (χ0v) is 17.4. The fourth-order valence-corrected chi connectivity index (χ4v) is 2.93. The quantitative estimate of drug-likeness (QED) is 0.329. The van der Waals surface area contributed by atoms with Crippen LogP contribution >= 0.6 is 0 Å². The summed E-state index contributed by atoms with van der Waals surface area (Å²) in [5.41, 5.74) is 11.0. The van der Waals surface area contributed by atoms with E-state index in [0.29, 0.717) is 24.5 Å². The number of carbonyl (C=O) groups is 2. The van der Waals surface area contributed by atoms with Crippen LogP contribution in [0.5, 0.6) is 0 Å². The molecule has 31 heavy (non-hydrogen) atoms. The predicted molar refractivity (Wildman–Crippen MR) is 126 cm³/mol. The number of nitrogens with two attached hydrogens (primary N) is 1. The maximum Gasteiger partial charge on any atom is 0.248 e. The van der Waals surface area contributed by atoms with Gasteiger partial charge in [0.1, 0.15) is 0 Å². The highest BCUT2D eigenvalue weighted by atomic mass is 16.2. The minimum atomic E-state index is -0.234. The SMILES string of the molecule is CC(=O)NCc1cccc(NCc2ccc(C=CC(=O)Nc3ccccc3N)cc2)c1. The molecule has 6 heteroatoms. The van der Waals surface area contributed by atoms with Gasteiger partial charge in [0.15, 0.2) is 0 Å². The molecule has 3 aromatic rings. The normalized spacial score (nSPS) is 10.6. The molecule has 6 nitrogen and oxygen atoms in total. The van der Waals surface area contributed by atoms with Crippen LogP contribution in [0.1, 0.15) is 23.6 Å². The lowest BCUT2D eigenvalue weighted by Gasteiger charge is -2.09. The predicted octanol–water partition coefficient (Wildman–Crippen LogP) is 4.17. The Labute approximate surface area is 182 Å². The Morgan fingerprint density at radius 3 is 2.42 bits per heavy atom. The van der Waals surface area contributed by atoms with Crippen LogP contribution in [0.2, 0.25) is 0 Å². The number of rotatable bonds is 8. The lowest BCUT2D eigenvalue weighted by atomic mass is 10.1. The van der Waals surface area contributed by atoms with E-state index in [9.17, 15) is 9.59 Å². The Morgan fingerprint density at radius 2 is 1.68 bits per heavy atom. The number of nitrogens with one attached hydrogen (secondary N) is 3. The van der Waals surface area contributed by atoms with Crippen LogP contribution in [0.3, 0.4) is 0 Å². The third-order valence-corrected chi connectivity index (χ3v) is 4.59. The summed E-state index contributed by atoms with van der Waals surface area (Å²) in [6.45, 7) is 2.68. The monoisotopic (exact) mass is 414 g/mol. The summed E-state index contributed by atoms with van der Waals surface area (Å²) >= 11 is 0. The molecule has 3 rings (SSSR count). The van der Waals surface area contributed by atoms with Gasteiger partial charge in [0, 0.05) is 31.8 Å². The van der Waals surface area contributed by atoms with Gasteiger partial charge < -0.3 is 21.7 Å². The molecule has 158 valence electrons. The summed E-state index contributed by atoms with van der Waals surface area (Å²) in [7, 11) is 0. The second-order valence-electron chi connectivity index (χ2n) is 7.12. The molecular formula is C25H26N4O2. The minimum Gasteiger partial charge on any atom is -0.397 e. The van der Waals surface area contributed by atoms with E-state index >= 15 is 0 Å². The summed E-state index contributed by atoms with van der Waals surface area (Å²) in [4.78, 5) is 23.2. The fourth-order valence-electron chi connectivity index (χ4n) is 2.93. The first-order valence-corrected chi connectivity index (χ1v) is 9.99. The molecule has 0 bridgehead atoms. The molecule has 0 heterocycles. The van der Waals surface area contributed by atoms with Crippen molar-refractivity contribution in [1.82, 2.24) is 5.32 Å². The summed E-state index contributed by atoms with van der Waals surface area (Å²) in [6, 6.07) is 23.0. The van der Waals surface area contributed by atoms with Crippen LogP contribution in [0.15, 0.2) is 78.9 Å². The van der Waals surface area contributed by atoms with Gasteiger partial charge in [-0.15, -0.1) is 0 Å². The van der Waals surface area contributed by atoms with E-state index in [1.54, 1.807) is 18.2 Å². The van der Waals surface area contributed by atoms with Crippen molar-refractivity contribution >= 4 is 35.0 Å². The van der Waals surface area contributed by atoms with Crippen molar-refractivity contribution in [3.8, 4) is 0 Å². The summed E-state index contributed by atoms with van der Waals surface area (Å²) in [5.74, 6) is -0.281. The van der Waals surface area contributed by atoms with Crippen molar-refractivity contribution in [3.63, 3.8) is 0 Å². The van der Waals surface area contributed by atoms with E-state index in [-0.39, 0.29) is 11.8 Å². The average molecular weight is 415 g/mol. The van der Waals surface area contributed by atoms with Gasteiger partial charge in [-0.05, 0) is 47.0 Å². The van der Waals surface area contributed by atoms with Crippen molar-refractivity contribution in [2.45, 2.75) is 20.0 Å². The number of benzene rings is 3. The van der Waals surface area contributed by atoms with Crippen molar-refractivity contribution in [3.05, 3.63) is 95.6 Å². The third-order valence-electron chi connectivity index (χ3n) is 4.59. The largest absolute Gasteiger partial charge is 0.397 e. The van der Waals surface area contributed by atoms with Gasteiger partial charge in [0.05, 0.1) is 11.4 Å². The molecule has 2 amide bonds. The van der Waals surface area contributed by atoms with Crippen LogP contribution in [-0.4, -0.2) is 11.8 Å². The second-order valence-corrected chi connectivity index (χ2v) is 7.12. The number of hydrogen-bond acceptors (Lipinski definition) is 4. The second kappa shape index (κ2) is 10.6. The van der Waals surface area contributed by atoms with Crippen molar-refractivity contribution in [1.29, 1.82) is 0 Å². The number of hydrogen-bond donors (Lipinski definition) is 4. The van der Waals surface area contributed by atoms with Crippen LogP contribution in [0.4, 0.5) is 17.1 Å². The molecule has 0 atom stereocenters. The molecule has 0 aliphatic carbocycles. The Morgan fingerprint density at radius 1 is 0.903 bits per heavy atom. The number of para-hydroxylation sites is 2. The highest BCUT2D eigenvalue weighted by molar-refractivity contribution is 6.03. The molecule has 0 saturated carbocycles. The van der Waals surface area contributed by atoms with Crippen molar-refractivity contribution in [2.75, 3.05) is 16.4 Å². The van der Waals surface area contributed by atoms with Crippen molar-refractivity contribution < 1.29 is 9.59 Å². The fraction of sp³-hybridized carbons (Fsp3) is 0.120. The van der Waals surface area contributed by atoms with E-state index in [2.05, 4.69) is 16.0 Å². The number of nitrogen functional groups attached to an aromatic ring is 1. The first-order chi connectivity index (χ1) is 15.0. The number of amides is 2. The zero-order chi connectivity index (χ0) is 22.1. The Kier molecular flexibility index (Phi) is 7.43. The average Bonchev–Trinajstić information content (AvgIpc) is 2.77. The lowest BCUT2D eigenvalue weighted by Crippen LogP contribution is -2.18. The molecule has 0 fully saturated rings. The molecule has 0 aliphatic heterocycles. The van der Waals surface area contributed by atoms with Gasteiger partial charge in [-0.1, -0.05) is 48.5 Å². The lowest BCUT2D eigenvalue weighted by molar-refractivity contribution is -0.119. The molecule has 0 saturated heterocycles. The molecular weight excluding hydrogens is 388 g/mol. The van der Waals surface area contributed by atoms with Gasteiger partial charge in [-0.2, -0.15) is 0 Å². The van der Waals surface area contributed by atoms with E-state index in [1.807, 2.05) is 60.7 Å². The molecule has 0 spiro atoms. The highest BCUT2D eigenvalue weighted by Gasteiger charge is 2.01. The van der Waals surface area contributed by atoms with Gasteiger partial charge >= 0.3 is 0 Å². The smallest absolute Gasteiger partial charge is 0.248 e. The van der Waals surface area contributed by atoms with Gasteiger partial charge in [0.25, 0.3) is 0 Å². The van der Waals surface area contributed by atoms with E-state index in [0.717, 1.165) is 22.4 Å². The van der Waals surface area contributed by atoms with Gasteiger partial charge in [-0.3, -0.25) is 9.59 Å². The van der Waals surface area contributed by atoms with Crippen LogP contribution in [-0.2, 0) is 22.7 Å². The Bertz CT molecular complexity index is 1070. The first kappa shape index (κ1) is 21.6. The molecule has 0 unspecified atom stereocenters. The molecule has 0 aromatic heterocycles. The topological polar surface area (TPSA) is 96.2 Å². The third kappa shape index (κ3) is 7.04. The van der Waals surface area contributed by atoms with Gasteiger partial charge in [-0.25, -0.2) is 0 Å². The molecule has 3 aromatic carbocycles. The standard InChI is InChI=1S/C25H26N4O2/c1-18(30)27-17-21-5-4-6-22(15-21)28-16-20-11-9-19(10-12-20)13-14-25(31)29-24-8-3-2-7-23(24)26/h2-15,28H,16-17,26H2,1H3,(H,27,30)(H,29,31). The molecule has 0 radical (unpaired) electrons. The highest BCUT2D eigenvalue weighted by Crippen LogP contribution is 2.17. The Balaban J connectivity index is 1.51. The van der Waals surface area contributed by atoms with Gasteiger partial charge in [0.2, 0.25) is 11.8 Å². The minimum absolute atomic E-state index is 0.0471. The van der Waals surface area contributed by atoms with E-state index in [1.165, 1.54) is 13.0 Å². The number of anilines is 3. The summed E-state index contributed by atoms with van der Waals surface area (Å²) < 4.78 is 0. The maximum absolute atomic E-state index is 12.1. The first-order valence-electron chi connectivity index (χ1n) is 9.99. The molecule has 5 N–H and O–H groups in total. The molecule has 0 aliphatic rings. The van der Waals surface area contributed by atoms with Crippen molar-refractivity contribution in [2.24, 2.45) is 0 Å². The maximum atomic E-state index is 12.1. The summed E-state index contributed by atoms with van der Waals surface area (Å²) in [6.07, 6.45) is 3.25. The number of carbonyl (C=O) groups excluding carboxylic acids is 2. The van der Waals surface area contributed by atoms with E-state index < -0.39 is 0 Å². The zero-order valence-electron chi connectivity index (χ0n) is 17.4.